The van der Waals surface area contributed by atoms with Crippen LogP contribution in [0.2, 0.25) is 0 Å². The number of alkyl halides is 3. The molecule has 0 unspecified atom stereocenters. The Morgan fingerprint density at radius 2 is 2.08 bits per heavy atom. The van der Waals surface area contributed by atoms with E-state index in [1.165, 1.54) is 23.1 Å². The van der Waals surface area contributed by atoms with Crippen LogP contribution in [0.5, 0.6) is 0 Å². The van der Waals surface area contributed by atoms with Crippen LogP contribution in [0, 0.1) is 5.82 Å². The number of aromatic nitrogens is 2. The van der Waals surface area contributed by atoms with Crippen molar-refractivity contribution in [2.75, 3.05) is 19.7 Å². The number of halogens is 4. The van der Waals surface area contributed by atoms with Gasteiger partial charge in [-0.1, -0.05) is 19.1 Å². The van der Waals surface area contributed by atoms with Crippen molar-refractivity contribution in [1.29, 1.82) is 0 Å². The maximum atomic E-state index is 14.0. The topological polar surface area (TPSA) is 47.4 Å². The van der Waals surface area contributed by atoms with Gasteiger partial charge in [-0.3, -0.25) is 4.79 Å². The quantitative estimate of drug-likeness (QED) is 0.778. The van der Waals surface area contributed by atoms with E-state index in [9.17, 15) is 22.4 Å². The van der Waals surface area contributed by atoms with Gasteiger partial charge in [-0.2, -0.15) is 18.3 Å². The van der Waals surface area contributed by atoms with E-state index >= 15 is 0 Å². The lowest BCUT2D eigenvalue weighted by Crippen LogP contribution is -2.45. The van der Waals surface area contributed by atoms with Gasteiger partial charge >= 0.3 is 6.18 Å². The standard InChI is InChI=1S/C17H17F4N3O2/c1-2-11-10-23(7-8-26-11)16(25)12-9-22-24(15(12)17(19,20)21)14-6-4-3-5-13(14)18/h3-6,9,11H,2,7-8,10H2,1H3/t11-/m0/s1. The Bertz CT molecular complexity index is 804. The molecule has 1 aromatic carbocycles. The number of hydrogen-bond donors (Lipinski definition) is 0. The van der Waals surface area contributed by atoms with E-state index in [0.717, 1.165) is 12.3 Å². The van der Waals surface area contributed by atoms with Gasteiger partial charge in [-0.15, -0.1) is 0 Å². The van der Waals surface area contributed by atoms with Crippen LogP contribution in [0.4, 0.5) is 17.6 Å². The predicted octanol–water partition coefficient (Wildman–Crippen LogP) is 3.28. The lowest BCUT2D eigenvalue weighted by Gasteiger charge is -2.32. The van der Waals surface area contributed by atoms with Crippen molar-refractivity contribution < 1.29 is 27.1 Å². The summed E-state index contributed by atoms with van der Waals surface area (Å²) >= 11 is 0. The smallest absolute Gasteiger partial charge is 0.375 e. The number of amides is 1. The van der Waals surface area contributed by atoms with E-state index < -0.39 is 29.2 Å². The normalized spacial score (nSPS) is 18.2. The Kier molecular flexibility index (Phi) is 4.99. The predicted molar refractivity (Wildman–Crippen MR) is 84.5 cm³/mol. The molecule has 1 atom stereocenters. The molecule has 0 aliphatic carbocycles. The van der Waals surface area contributed by atoms with Crippen LogP contribution in [0.1, 0.15) is 29.4 Å². The third-order valence-corrected chi connectivity index (χ3v) is 4.23. The summed E-state index contributed by atoms with van der Waals surface area (Å²) in [7, 11) is 0. The third kappa shape index (κ3) is 3.44. The number of carbonyl (C=O) groups is 1. The fourth-order valence-corrected chi connectivity index (χ4v) is 2.90. The minimum absolute atomic E-state index is 0.192. The first-order chi connectivity index (χ1) is 12.3. The van der Waals surface area contributed by atoms with Gasteiger partial charge in [0, 0.05) is 13.1 Å². The molecule has 0 N–H and O–H groups in total. The molecular formula is C17H17F4N3O2. The molecule has 0 saturated carbocycles. The Labute approximate surface area is 147 Å². The Morgan fingerprint density at radius 3 is 2.73 bits per heavy atom. The Hall–Kier alpha value is -2.42. The van der Waals surface area contributed by atoms with Crippen molar-refractivity contribution in [3.05, 3.63) is 47.5 Å². The van der Waals surface area contributed by atoms with E-state index in [1.54, 1.807) is 0 Å². The Balaban J connectivity index is 2.03. The molecule has 3 rings (SSSR count). The molecule has 1 fully saturated rings. The van der Waals surface area contributed by atoms with Gasteiger partial charge in [0.1, 0.15) is 11.5 Å². The molecule has 9 heteroatoms. The minimum Gasteiger partial charge on any atom is -0.375 e. The maximum absolute atomic E-state index is 14.0. The molecule has 140 valence electrons. The van der Waals surface area contributed by atoms with Crippen molar-refractivity contribution in [2.45, 2.75) is 25.6 Å². The molecule has 1 aliphatic heterocycles. The van der Waals surface area contributed by atoms with Crippen LogP contribution in [-0.4, -0.2) is 46.4 Å². The van der Waals surface area contributed by atoms with Gasteiger partial charge < -0.3 is 9.64 Å². The fourth-order valence-electron chi connectivity index (χ4n) is 2.90. The second-order valence-electron chi connectivity index (χ2n) is 5.92. The van der Waals surface area contributed by atoms with E-state index in [4.69, 9.17) is 4.74 Å². The van der Waals surface area contributed by atoms with Crippen molar-refractivity contribution >= 4 is 5.91 Å². The second kappa shape index (κ2) is 7.06. The minimum atomic E-state index is -4.87. The summed E-state index contributed by atoms with van der Waals surface area (Å²) in [6.45, 7) is 2.53. The molecule has 0 radical (unpaired) electrons. The van der Waals surface area contributed by atoms with Crippen molar-refractivity contribution in [3.63, 3.8) is 0 Å². The first-order valence-electron chi connectivity index (χ1n) is 8.14. The zero-order valence-corrected chi connectivity index (χ0v) is 14.0. The first-order valence-corrected chi connectivity index (χ1v) is 8.14. The largest absolute Gasteiger partial charge is 0.434 e. The van der Waals surface area contributed by atoms with Crippen LogP contribution in [-0.2, 0) is 10.9 Å². The first kappa shape index (κ1) is 18.4. The van der Waals surface area contributed by atoms with Gasteiger partial charge in [0.2, 0.25) is 0 Å². The lowest BCUT2D eigenvalue weighted by molar-refractivity contribution is -0.143. The monoisotopic (exact) mass is 371 g/mol. The summed E-state index contributed by atoms with van der Waals surface area (Å²) in [5.74, 6) is -1.65. The van der Waals surface area contributed by atoms with Gasteiger partial charge in [0.15, 0.2) is 5.69 Å². The zero-order valence-electron chi connectivity index (χ0n) is 14.0. The summed E-state index contributed by atoms with van der Waals surface area (Å²) in [6, 6.07) is 4.97. The average Bonchev–Trinajstić information content (AvgIpc) is 3.06. The highest BCUT2D eigenvalue weighted by Gasteiger charge is 2.42. The number of benzene rings is 1. The fraction of sp³-hybridized carbons (Fsp3) is 0.412. The maximum Gasteiger partial charge on any atom is 0.434 e. The summed E-state index contributed by atoms with van der Waals surface area (Å²) in [6.07, 6.45) is -3.61. The van der Waals surface area contributed by atoms with E-state index in [0.29, 0.717) is 11.1 Å². The van der Waals surface area contributed by atoms with Gasteiger partial charge in [-0.25, -0.2) is 9.07 Å². The molecule has 1 amide bonds. The van der Waals surface area contributed by atoms with Crippen LogP contribution < -0.4 is 0 Å². The molecule has 2 heterocycles. The number of carbonyl (C=O) groups excluding carboxylic acids is 1. The third-order valence-electron chi connectivity index (χ3n) is 4.23. The summed E-state index contributed by atoms with van der Waals surface area (Å²) in [5, 5.41) is 3.65. The number of ether oxygens (including phenoxy) is 1. The van der Waals surface area contributed by atoms with Gasteiger partial charge in [-0.05, 0) is 18.6 Å². The number of nitrogens with zero attached hydrogens (tertiary/aromatic N) is 3. The summed E-state index contributed by atoms with van der Waals surface area (Å²) < 4.78 is 60.8. The molecule has 1 aliphatic rings. The zero-order chi connectivity index (χ0) is 18.9. The highest BCUT2D eigenvalue weighted by molar-refractivity contribution is 5.95. The SMILES string of the molecule is CC[C@H]1CN(C(=O)c2cnn(-c3ccccc3F)c2C(F)(F)F)CCO1. The molecule has 5 nitrogen and oxygen atoms in total. The Morgan fingerprint density at radius 1 is 1.35 bits per heavy atom. The molecular weight excluding hydrogens is 354 g/mol. The molecule has 0 spiro atoms. The molecule has 26 heavy (non-hydrogen) atoms. The van der Waals surface area contributed by atoms with Gasteiger partial charge in [0.05, 0.1) is 24.5 Å². The second-order valence-corrected chi connectivity index (χ2v) is 5.92. The molecule has 0 bridgehead atoms. The molecule has 1 aromatic heterocycles. The number of morpholine rings is 1. The highest BCUT2D eigenvalue weighted by Crippen LogP contribution is 2.34. The van der Waals surface area contributed by atoms with Gasteiger partial charge in [0.25, 0.3) is 5.91 Å². The molecule has 1 saturated heterocycles. The van der Waals surface area contributed by atoms with E-state index in [1.807, 2.05) is 6.92 Å². The number of rotatable bonds is 3. The summed E-state index contributed by atoms with van der Waals surface area (Å²) in [4.78, 5) is 14.0. The van der Waals surface area contributed by atoms with Crippen LogP contribution in [0.3, 0.4) is 0 Å². The lowest BCUT2D eigenvalue weighted by atomic mass is 10.1. The highest BCUT2D eigenvalue weighted by atomic mass is 19.4. The van der Waals surface area contributed by atoms with Crippen molar-refractivity contribution in [3.8, 4) is 5.69 Å². The summed E-state index contributed by atoms with van der Waals surface area (Å²) in [5.41, 5.74) is -2.25. The van der Waals surface area contributed by atoms with Crippen LogP contribution in [0.25, 0.3) is 5.69 Å². The van der Waals surface area contributed by atoms with Crippen LogP contribution in [0.15, 0.2) is 30.5 Å². The van der Waals surface area contributed by atoms with E-state index in [2.05, 4.69) is 5.10 Å². The molecule has 2 aromatic rings. The number of hydrogen-bond acceptors (Lipinski definition) is 3. The van der Waals surface area contributed by atoms with Crippen LogP contribution >= 0.6 is 0 Å². The van der Waals surface area contributed by atoms with Crippen molar-refractivity contribution in [2.24, 2.45) is 0 Å². The van der Waals surface area contributed by atoms with Crippen molar-refractivity contribution in [1.82, 2.24) is 14.7 Å². The van der Waals surface area contributed by atoms with E-state index in [-0.39, 0.29) is 31.5 Å². The number of para-hydroxylation sites is 1. The average molecular weight is 371 g/mol.